The van der Waals surface area contributed by atoms with Gasteiger partial charge in [0.25, 0.3) is 5.91 Å². The molecule has 0 radical (unpaired) electrons. The van der Waals surface area contributed by atoms with Crippen LogP contribution in [0, 0.1) is 11.3 Å². The average Bonchev–Trinajstić information content (AvgIpc) is 4.00. The van der Waals surface area contributed by atoms with E-state index in [-0.39, 0.29) is 51.7 Å². The molecular formula is C40H48F3N9O5S. The molecule has 0 spiro atoms. The molecule has 310 valence electrons. The molecule has 1 atom stereocenters. The zero-order valence-corrected chi connectivity index (χ0v) is 32.7. The fraction of sp³-hybridized carbons (Fsp3) is 0.425. The number of carbonyl (C=O) groups excluding carboxylic acids is 4. The molecule has 0 bridgehead atoms. The number of nitriles is 1. The van der Waals surface area contributed by atoms with E-state index in [9.17, 15) is 37.6 Å². The highest BCUT2D eigenvalue weighted by molar-refractivity contribution is 7.81. The number of pyridine rings is 1. The lowest BCUT2D eigenvalue weighted by atomic mass is 10.0. The van der Waals surface area contributed by atoms with Crippen molar-refractivity contribution in [2.45, 2.75) is 63.2 Å². The second-order valence-corrected chi connectivity index (χ2v) is 15.6. The van der Waals surface area contributed by atoms with Gasteiger partial charge in [0.1, 0.15) is 30.0 Å². The third-order valence-corrected chi connectivity index (χ3v) is 11.1. The summed E-state index contributed by atoms with van der Waals surface area (Å²) >= 11 is 5.72. The number of hydrogen-bond donors (Lipinski definition) is 3. The van der Waals surface area contributed by atoms with Crippen molar-refractivity contribution in [3.63, 3.8) is 0 Å². The molecule has 3 saturated heterocycles. The van der Waals surface area contributed by atoms with Crippen LogP contribution >= 0.6 is 12.2 Å². The normalized spacial score (nSPS) is 20.2. The number of anilines is 4. The topological polar surface area (TPSA) is 163 Å². The summed E-state index contributed by atoms with van der Waals surface area (Å²) in [6.07, 6.45) is -1.20. The quantitative estimate of drug-likeness (QED) is 0.159. The molecule has 2 aromatic carbocycles. The van der Waals surface area contributed by atoms with Crippen LogP contribution in [0.25, 0.3) is 0 Å². The smallest absolute Gasteiger partial charge is 0.419 e. The molecule has 14 nitrogen and oxygen atoms in total. The first-order valence-corrected chi connectivity index (χ1v) is 19.4. The first kappa shape index (κ1) is 40.6. The molecule has 3 aromatic rings. The number of nitrogens with one attached hydrogen (secondary N) is 3. The van der Waals surface area contributed by atoms with Crippen LogP contribution in [0.1, 0.15) is 66.5 Å². The number of alkyl halides is 3. The standard InChI is InChI=1S/C40H42F3N9O5S.3H2/c1-39(2)37(56)51(28-20-30(40(41,42)43)32(21-44)45-22-28)38(58)52(39)27-8-10-33(29(19-27)24-6-7-24)57-17-16-49-12-14-50(15-13-49)23-35(54)47-26-5-3-4-25(18-26)46-31-9-11-34(53)48-36(31)55;;;/h3-5,8,10,18-20,22,24,31,46H,6-7,9,11-17,23H2,1-2H3,(H,47,54)(H,48,53,55);3*1H. The molecule has 3 N–H and O–H groups in total. The number of imide groups is 1. The number of piperidine rings is 1. The summed E-state index contributed by atoms with van der Waals surface area (Å²) in [6, 6.07) is 14.4. The maximum atomic E-state index is 13.8. The summed E-state index contributed by atoms with van der Waals surface area (Å²) in [5.74, 6) is -0.351. The number of amides is 4. The number of benzene rings is 2. The van der Waals surface area contributed by atoms with Crippen molar-refractivity contribution in [1.82, 2.24) is 20.1 Å². The van der Waals surface area contributed by atoms with Crippen molar-refractivity contribution < 1.29 is 41.4 Å². The predicted octanol–water partition coefficient (Wildman–Crippen LogP) is 5.36. The van der Waals surface area contributed by atoms with Crippen molar-refractivity contribution in [2.24, 2.45) is 0 Å². The highest BCUT2D eigenvalue weighted by Gasteiger charge is 2.51. The van der Waals surface area contributed by atoms with Crippen LogP contribution in [0.5, 0.6) is 5.75 Å². The van der Waals surface area contributed by atoms with Crippen LogP contribution in [0.15, 0.2) is 54.7 Å². The van der Waals surface area contributed by atoms with Crippen LogP contribution in [-0.4, -0.2) is 101 Å². The van der Waals surface area contributed by atoms with Crippen molar-refractivity contribution in [1.29, 1.82) is 5.26 Å². The largest absolute Gasteiger partial charge is 0.492 e. The highest BCUT2D eigenvalue weighted by atomic mass is 32.1. The van der Waals surface area contributed by atoms with E-state index < -0.39 is 34.9 Å². The summed E-state index contributed by atoms with van der Waals surface area (Å²) in [5, 5.41) is 17.6. The molecule has 4 aliphatic rings. The molecule has 58 heavy (non-hydrogen) atoms. The van der Waals surface area contributed by atoms with E-state index in [0.29, 0.717) is 49.7 Å². The van der Waals surface area contributed by atoms with Crippen LogP contribution in [0.2, 0.25) is 0 Å². The van der Waals surface area contributed by atoms with Crippen LogP contribution < -0.4 is 30.5 Å². The molecular weight excluding hydrogens is 776 g/mol. The van der Waals surface area contributed by atoms with Gasteiger partial charge in [-0.3, -0.25) is 39.2 Å². The van der Waals surface area contributed by atoms with Gasteiger partial charge >= 0.3 is 6.18 Å². The lowest BCUT2D eigenvalue weighted by Crippen LogP contribution is -2.49. The van der Waals surface area contributed by atoms with Gasteiger partial charge in [-0.15, -0.1) is 0 Å². The second-order valence-electron chi connectivity index (χ2n) is 15.3. The number of piperazine rings is 1. The lowest BCUT2D eigenvalue weighted by molar-refractivity contribution is -0.138. The van der Waals surface area contributed by atoms with E-state index in [0.717, 1.165) is 54.4 Å². The van der Waals surface area contributed by atoms with Crippen LogP contribution in [0.3, 0.4) is 0 Å². The number of rotatable bonds is 12. The Morgan fingerprint density at radius 3 is 2.45 bits per heavy atom. The first-order valence-electron chi connectivity index (χ1n) is 19.0. The van der Waals surface area contributed by atoms with E-state index in [2.05, 4.69) is 30.7 Å². The fourth-order valence-electron chi connectivity index (χ4n) is 7.44. The molecule has 4 fully saturated rings. The van der Waals surface area contributed by atoms with E-state index in [1.165, 1.54) is 6.07 Å². The van der Waals surface area contributed by atoms with Crippen molar-refractivity contribution in [2.75, 3.05) is 66.3 Å². The van der Waals surface area contributed by atoms with E-state index in [4.69, 9.17) is 17.0 Å². The van der Waals surface area contributed by atoms with Gasteiger partial charge in [-0.25, -0.2) is 4.98 Å². The Morgan fingerprint density at radius 1 is 1.03 bits per heavy atom. The number of aromatic nitrogens is 1. The van der Waals surface area contributed by atoms with Gasteiger partial charge < -0.3 is 20.3 Å². The molecule has 1 unspecified atom stereocenters. The zero-order chi connectivity index (χ0) is 41.4. The van der Waals surface area contributed by atoms with Gasteiger partial charge in [-0.1, -0.05) is 6.07 Å². The number of halogens is 3. The van der Waals surface area contributed by atoms with E-state index in [1.807, 2.05) is 12.1 Å². The molecule has 1 saturated carbocycles. The number of carbonyl (C=O) groups is 4. The second kappa shape index (κ2) is 16.3. The molecule has 18 heteroatoms. The summed E-state index contributed by atoms with van der Waals surface area (Å²) in [5.41, 5.74) is -0.612. The SMILES string of the molecule is CC1(C)C(=O)N(c2cnc(C#N)c(C(F)(F)F)c2)C(=S)N1c1ccc(OCCN2CCN(CC(=O)Nc3cccc(NC4CCC(=O)NC4=O)c3)CC2)c(C2CC2)c1.[HH].[HH].[HH]. The lowest BCUT2D eigenvalue weighted by Gasteiger charge is -2.34. The third kappa shape index (κ3) is 8.76. The van der Waals surface area contributed by atoms with Gasteiger partial charge in [-0.2, -0.15) is 18.4 Å². The Hall–Kier alpha value is -5.64. The maximum absolute atomic E-state index is 13.8. The zero-order valence-electron chi connectivity index (χ0n) is 31.9. The van der Waals surface area contributed by atoms with Gasteiger partial charge in [0, 0.05) is 60.5 Å². The van der Waals surface area contributed by atoms with Crippen LogP contribution in [-0.2, 0) is 25.4 Å². The van der Waals surface area contributed by atoms with E-state index in [1.54, 1.807) is 49.1 Å². The first-order chi connectivity index (χ1) is 27.6. The number of thiocarbonyl (C=S) groups is 1. The van der Waals surface area contributed by atoms with E-state index >= 15 is 0 Å². The Bertz CT molecular complexity index is 2200. The van der Waals surface area contributed by atoms with Crippen molar-refractivity contribution >= 4 is 63.7 Å². The van der Waals surface area contributed by atoms with Gasteiger partial charge in [0.2, 0.25) is 17.7 Å². The Balaban J connectivity index is 0.00000273. The van der Waals surface area contributed by atoms with Gasteiger partial charge in [0.15, 0.2) is 10.8 Å². The summed E-state index contributed by atoms with van der Waals surface area (Å²) in [6.45, 7) is 7.53. The molecule has 1 aromatic heterocycles. The number of ether oxygens (including phenoxy) is 1. The molecule has 7 rings (SSSR count). The Morgan fingerprint density at radius 2 is 1.76 bits per heavy atom. The molecule has 4 amide bonds. The molecule has 1 aliphatic carbocycles. The molecule has 4 heterocycles. The summed E-state index contributed by atoms with van der Waals surface area (Å²) in [4.78, 5) is 60.9. The van der Waals surface area contributed by atoms with Crippen molar-refractivity contribution in [3.8, 4) is 11.8 Å². The average molecular weight is 824 g/mol. The Kier molecular flexibility index (Phi) is 11.4. The van der Waals surface area contributed by atoms with Crippen LogP contribution in [0.4, 0.5) is 35.9 Å². The minimum absolute atomic E-state index is 0. The molecule has 3 aliphatic heterocycles. The summed E-state index contributed by atoms with van der Waals surface area (Å²) < 4.78 is 47.6. The third-order valence-electron chi connectivity index (χ3n) is 10.7. The fourth-order valence-corrected chi connectivity index (χ4v) is 7.96. The Labute approximate surface area is 342 Å². The number of hydrogen-bond acceptors (Lipinski definition) is 11. The minimum atomic E-state index is -4.85. The van der Waals surface area contributed by atoms with Gasteiger partial charge in [-0.05, 0) is 99.3 Å². The maximum Gasteiger partial charge on any atom is 0.419 e. The number of nitrogens with zero attached hydrogens (tertiary/aromatic N) is 6. The summed E-state index contributed by atoms with van der Waals surface area (Å²) in [7, 11) is 0. The predicted molar refractivity (Wildman–Crippen MR) is 219 cm³/mol. The van der Waals surface area contributed by atoms with Crippen molar-refractivity contribution in [3.05, 3.63) is 71.5 Å². The monoisotopic (exact) mass is 823 g/mol. The van der Waals surface area contributed by atoms with Gasteiger partial charge in [0.05, 0.1) is 24.0 Å². The minimum Gasteiger partial charge on any atom is -0.492 e. The highest BCUT2D eigenvalue weighted by Crippen LogP contribution is 2.47.